The highest BCUT2D eigenvalue weighted by Gasteiger charge is 2.10. The van der Waals surface area contributed by atoms with Crippen molar-refractivity contribution in [2.24, 2.45) is 5.10 Å². The summed E-state index contributed by atoms with van der Waals surface area (Å²) in [7, 11) is 0. The second kappa shape index (κ2) is 11.1. The van der Waals surface area contributed by atoms with E-state index in [2.05, 4.69) is 15.8 Å². The predicted octanol–water partition coefficient (Wildman–Crippen LogP) is 5.65. The first-order chi connectivity index (χ1) is 13.8. The number of non-ortho nitro benzene ring substituents is 1. The molecule has 2 aromatic rings. The van der Waals surface area contributed by atoms with Crippen molar-refractivity contribution in [2.45, 2.75) is 6.42 Å². The number of hydrogen-bond acceptors (Lipinski definition) is 7. The minimum Gasteiger partial charge on any atom is -0.460 e. The van der Waals surface area contributed by atoms with Gasteiger partial charge in [-0.3, -0.25) is 20.3 Å². The quantitative estimate of drug-likeness (QED) is 0.208. The van der Waals surface area contributed by atoms with E-state index in [0.29, 0.717) is 31.5 Å². The van der Waals surface area contributed by atoms with Crippen LogP contribution in [0.15, 0.2) is 35.4 Å². The number of nitrogens with zero attached hydrogens (tertiary/aromatic N) is 2. The van der Waals surface area contributed by atoms with Crippen molar-refractivity contribution in [3.63, 3.8) is 0 Å². The molecule has 0 atom stereocenters. The topological polar surface area (TPSA) is 106 Å². The molecule has 0 heterocycles. The third-order valence-corrected chi connectivity index (χ3v) is 4.54. The normalized spacial score (nSPS) is 10.8. The molecule has 0 amide bonds. The summed E-state index contributed by atoms with van der Waals surface area (Å²) in [6.07, 6.45) is 1.35. The second-order valence-electron chi connectivity index (χ2n) is 5.45. The summed E-state index contributed by atoms with van der Waals surface area (Å²) >= 11 is 23.8. The van der Waals surface area contributed by atoms with Crippen LogP contribution < -0.4 is 10.7 Å². The maximum Gasteiger partial charge on any atom is 0.307 e. The van der Waals surface area contributed by atoms with Gasteiger partial charge in [0, 0.05) is 23.7 Å². The van der Waals surface area contributed by atoms with E-state index in [0.717, 1.165) is 0 Å². The molecular weight excluding hydrogens is 466 g/mol. The van der Waals surface area contributed by atoms with Crippen LogP contribution in [0.4, 0.5) is 17.1 Å². The zero-order chi connectivity index (χ0) is 21.4. The van der Waals surface area contributed by atoms with Crippen molar-refractivity contribution in [3.05, 3.63) is 60.5 Å². The van der Waals surface area contributed by atoms with Crippen LogP contribution in [0.3, 0.4) is 0 Å². The van der Waals surface area contributed by atoms with Crippen molar-refractivity contribution >= 4 is 75.6 Å². The number of carbonyl (C=O) groups excluding carboxylic acids is 1. The Morgan fingerprint density at radius 2 is 1.83 bits per heavy atom. The van der Waals surface area contributed by atoms with Gasteiger partial charge in [0.05, 0.1) is 44.0 Å². The van der Waals surface area contributed by atoms with Crippen molar-refractivity contribution in [2.75, 3.05) is 23.9 Å². The molecular formula is C17H14Cl4N4O4. The van der Waals surface area contributed by atoms with E-state index < -0.39 is 10.9 Å². The molecule has 0 fully saturated rings. The maximum absolute atomic E-state index is 11.7. The van der Waals surface area contributed by atoms with E-state index >= 15 is 0 Å². The van der Waals surface area contributed by atoms with Gasteiger partial charge in [-0.05, 0) is 18.2 Å². The number of rotatable bonds is 9. The van der Waals surface area contributed by atoms with Crippen LogP contribution in [0.1, 0.15) is 6.42 Å². The molecule has 0 aliphatic carbocycles. The van der Waals surface area contributed by atoms with Crippen LogP contribution in [-0.4, -0.2) is 30.3 Å². The first-order valence-electron chi connectivity index (χ1n) is 8.03. The maximum atomic E-state index is 11.7. The highest BCUT2D eigenvalue weighted by atomic mass is 35.5. The molecule has 0 aliphatic heterocycles. The van der Waals surface area contributed by atoms with E-state index in [1.54, 1.807) is 0 Å². The number of nitro groups is 1. The second-order valence-corrected chi connectivity index (χ2v) is 7.11. The number of nitro benzene ring substituents is 1. The fourth-order valence-corrected chi connectivity index (χ4v) is 3.15. The molecule has 2 rings (SSSR count). The molecule has 0 spiro atoms. The van der Waals surface area contributed by atoms with E-state index in [1.165, 1.54) is 36.5 Å². The lowest BCUT2D eigenvalue weighted by Gasteiger charge is -2.08. The van der Waals surface area contributed by atoms with Gasteiger partial charge < -0.3 is 10.1 Å². The lowest BCUT2D eigenvalue weighted by atomic mass is 10.2. The van der Waals surface area contributed by atoms with E-state index in [4.69, 9.17) is 51.1 Å². The lowest BCUT2D eigenvalue weighted by Crippen LogP contribution is -2.13. The molecule has 0 aliphatic rings. The van der Waals surface area contributed by atoms with Gasteiger partial charge in [-0.1, -0.05) is 46.4 Å². The van der Waals surface area contributed by atoms with Gasteiger partial charge in [0.15, 0.2) is 0 Å². The largest absolute Gasteiger partial charge is 0.460 e. The Kier molecular flexibility index (Phi) is 8.78. The van der Waals surface area contributed by atoms with E-state index in [9.17, 15) is 14.9 Å². The van der Waals surface area contributed by atoms with Gasteiger partial charge in [-0.25, -0.2) is 0 Å². The van der Waals surface area contributed by atoms with Gasteiger partial charge >= 0.3 is 5.97 Å². The Morgan fingerprint density at radius 3 is 2.48 bits per heavy atom. The Balaban J connectivity index is 1.73. The molecule has 0 saturated carbocycles. The fourth-order valence-electron chi connectivity index (χ4n) is 2.06. The first kappa shape index (κ1) is 23.0. The van der Waals surface area contributed by atoms with E-state index in [-0.39, 0.29) is 25.3 Å². The highest BCUT2D eigenvalue weighted by Crippen LogP contribution is 2.33. The molecule has 2 aromatic carbocycles. The average Bonchev–Trinajstić information content (AvgIpc) is 2.64. The average molecular weight is 480 g/mol. The monoisotopic (exact) mass is 478 g/mol. The van der Waals surface area contributed by atoms with Crippen LogP contribution in [-0.2, 0) is 9.53 Å². The van der Waals surface area contributed by atoms with Crippen molar-refractivity contribution in [3.8, 4) is 0 Å². The number of halogens is 4. The summed E-state index contributed by atoms with van der Waals surface area (Å²) in [5.41, 5.74) is 3.26. The summed E-state index contributed by atoms with van der Waals surface area (Å²) in [6, 6.07) is 7.00. The first-order valence-corrected chi connectivity index (χ1v) is 9.54. The molecule has 0 aromatic heterocycles. The zero-order valence-electron chi connectivity index (χ0n) is 14.6. The molecule has 154 valence electrons. The van der Waals surface area contributed by atoms with Crippen LogP contribution in [0.5, 0.6) is 0 Å². The van der Waals surface area contributed by atoms with Gasteiger partial charge in [-0.2, -0.15) is 5.10 Å². The number of nitrogens with one attached hydrogen (secondary N) is 2. The number of hydrazone groups is 1. The third kappa shape index (κ3) is 7.25. The minimum atomic E-state index is -0.534. The number of anilines is 2. The lowest BCUT2D eigenvalue weighted by molar-refractivity contribution is -0.384. The van der Waals surface area contributed by atoms with Crippen LogP contribution in [0.25, 0.3) is 0 Å². The molecule has 0 radical (unpaired) electrons. The van der Waals surface area contributed by atoms with Crippen LogP contribution >= 0.6 is 46.4 Å². The smallest absolute Gasteiger partial charge is 0.307 e. The summed E-state index contributed by atoms with van der Waals surface area (Å²) in [6.45, 7) is 0.108. The number of ether oxygens (including phenoxy) is 1. The molecule has 0 saturated heterocycles. The van der Waals surface area contributed by atoms with Crippen molar-refractivity contribution in [1.29, 1.82) is 0 Å². The predicted molar refractivity (Wildman–Crippen MR) is 116 cm³/mol. The number of hydrogen-bond donors (Lipinski definition) is 2. The van der Waals surface area contributed by atoms with Crippen molar-refractivity contribution < 1.29 is 14.5 Å². The summed E-state index contributed by atoms with van der Waals surface area (Å²) in [4.78, 5) is 22.0. The van der Waals surface area contributed by atoms with Crippen LogP contribution in [0, 0.1) is 10.1 Å². The zero-order valence-corrected chi connectivity index (χ0v) is 17.6. The summed E-state index contributed by atoms with van der Waals surface area (Å²) < 4.78 is 4.99. The number of carbonyl (C=O) groups is 1. The van der Waals surface area contributed by atoms with Gasteiger partial charge in [0.25, 0.3) is 5.69 Å². The number of esters is 1. The Bertz CT molecular complexity index is 917. The fraction of sp³-hybridized carbons (Fsp3) is 0.176. The highest BCUT2D eigenvalue weighted by molar-refractivity contribution is 6.41. The Labute approximate surface area is 185 Å². The molecule has 2 N–H and O–H groups in total. The Morgan fingerprint density at radius 1 is 1.14 bits per heavy atom. The molecule has 0 bridgehead atoms. The molecule has 8 nitrogen and oxygen atoms in total. The van der Waals surface area contributed by atoms with Gasteiger partial charge in [0.1, 0.15) is 6.61 Å². The standard InChI is InChI=1S/C17H14Cl4N4O4/c18-10-7-13(20)17(14(21)8-10)24-23-5-6-29-16(26)3-4-22-15-9-11(25(27)28)1-2-12(15)19/h1-2,5,7-9,22,24H,3-4,6H2. The molecule has 29 heavy (non-hydrogen) atoms. The Hall–Kier alpha value is -2.26. The van der Waals surface area contributed by atoms with E-state index in [1.807, 2.05) is 0 Å². The SMILES string of the molecule is O=C(CCNc1cc([N+](=O)[O-])ccc1Cl)OCC=NNc1c(Cl)cc(Cl)cc1Cl. The summed E-state index contributed by atoms with van der Waals surface area (Å²) in [5, 5.41) is 18.8. The van der Waals surface area contributed by atoms with Crippen LogP contribution in [0.2, 0.25) is 20.1 Å². The van der Waals surface area contributed by atoms with Gasteiger partial charge in [-0.15, -0.1) is 0 Å². The molecule has 12 heteroatoms. The minimum absolute atomic E-state index is 0.0229. The third-order valence-electron chi connectivity index (χ3n) is 3.40. The summed E-state index contributed by atoms with van der Waals surface area (Å²) in [5.74, 6) is -0.493. The van der Waals surface area contributed by atoms with Gasteiger partial charge in [0.2, 0.25) is 0 Å². The van der Waals surface area contributed by atoms with Crippen molar-refractivity contribution in [1.82, 2.24) is 0 Å². The number of benzene rings is 2. The molecule has 0 unspecified atom stereocenters.